The fourth-order valence-electron chi connectivity index (χ4n) is 1.10. The number of carboxylic acid groups (broad SMARTS) is 1. The van der Waals surface area contributed by atoms with Crippen molar-refractivity contribution in [2.75, 3.05) is 6.61 Å². The van der Waals surface area contributed by atoms with E-state index in [0.29, 0.717) is 12.5 Å². The largest absolute Gasteiger partial charge is 0.478 e. The maximum absolute atomic E-state index is 10.1. The Morgan fingerprint density at radius 1 is 1.46 bits per heavy atom. The fraction of sp³-hybridized carbons (Fsp3) is 0.700. The summed E-state index contributed by atoms with van der Waals surface area (Å²) in [6.07, 6.45) is 3.81. The molecule has 0 aromatic rings. The molecule has 1 atom stereocenters. The van der Waals surface area contributed by atoms with E-state index in [1.54, 1.807) is 0 Å². The first-order chi connectivity index (χ1) is 6.02. The van der Waals surface area contributed by atoms with Gasteiger partial charge in [-0.25, -0.2) is 4.79 Å². The molecule has 0 aliphatic carbocycles. The third kappa shape index (κ3) is 9.08. The van der Waals surface area contributed by atoms with E-state index in [4.69, 9.17) is 9.84 Å². The van der Waals surface area contributed by atoms with Crippen LogP contribution in [0.1, 0.15) is 27.2 Å². The predicted molar refractivity (Wildman–Crippen MR) is 51.6 cm³/mol. The van der Waals surface area contributed by atoms with Gasteiger partial charge in [0.1, 0.15) is 0 Å². The van der Waals surface area contributed by atoms with Crippen molar-refractivity contribution in [1.82, 2.24) is 0 Å². The van der Waals surface area contributed by atoms with Crippen molar-refractivity contribution in [2.24, 2.45) is 5.92 Å². The SMILES string of the molecule is CC(C)CC(C)OC/C=C/C(=O)O. The molecule has 0 aromatic carbocycles. The van der Waals surface area contributed by atoms with Crippen molar-refractivity contribution < 1.29 is 14.6 Å². The van der Waals surface area contributed by atoms with Gasteiger partial charge in [-0.05, 0) is 19.3 Å². The summed E-state index contributed by atoms with van der Waals surface area (Å²) < 4.78 is 5.35. The number of hydrogen-bond donors (Lipinski definition) is 1. The van der Waals surface area contributed by atoms with Crippen molar-refractivity contribution >= 4 is 5.97 Å². The maximum atomic E-state index is 10.1. The molecule has 0 rings (SSSR count). The molecule has 0 amide bonds. The highest BCUT2D eigenvalue weighted by Gasteiger charge is 2.03. The molecule has 0 aliphatic heterocycles. The molecule has 3 heteroatoms. The van der Waals surface area contributed by atoms with Crippen molar-refractivity contribution in [3.8, 4) is 0 Å². The molecule has 76 valence electrons. The van der Waals surface area contributed by atoms with Crippen LogP contribution >= 0.6 is 0 Å². The summed E-state index contributed by atoms with van der Waals surface area (Å²) in [5, 5.41) is 8.28. The lowest BCUT2D eigenvalue weighted by Gasteiger charge is -2.13. The van der Waals surface area contributed by atoms with Gasteiger partial charge in [0.25, 0.3) is 0 Å². The van der Waals surface area contributed by atoms with E-state index in [1.807, 2.05) is 6.92 Å². The Balaban J connectivity index is 3.47. The molecule has 0 spiro atoms. The Morgan fingerprint density at radius 2 is 2.08 bits per heavy atom. The van der Waals surface area contributed by atoms with Gasteiger partial charge in [0.15, 0.2) is 0 Å². The summed E-state index contributed by atoms with van der Waals surface area (Å²) in [6, 6.07) is 0. The molecular formula is C10H18O3. The van der Waals surface area contributed by atoms with Gasteiger partial charge in [0, 0.05) is 6.08 Å². The summed E-state index contributed by atoms with van der Waals surface area (Å²) in [7, 11) is 0. The Labute approximate surface area is 79.4 Å². The van der Waals surface area contributed by atoms with E-state index in [9.17, 15) is 4.79 Å². The average molecular weight is 186 g/mol. The normalized spacial score (nSPS) is 13.8. The second kappa shape index (κ2) is 6.66. The molecule has 0 radical (unpaired) electrons. The maximum Gasteiger partial charge on any atom is 0.328 e. The molecule has 1 unspecified atom stereocenters. The monoisotopic (exact) mass is 186 g/mol. The molecule has 0 aliphatic rings. The Hall–Kier alpha value is -0.830. The van der Waals surface area contributed by atoms with Crippen LogP contribution < -0.4 is 0 Å². The minimum absolute atomic E-state index is 0.193. The first-order valence-electron chi connectivity index (χ1n) is 4.53. The zero-order valence-electron chi connectivity index (χ0n) is 8.49. The molecule has 0 saturated carbocycles. The minimum Gasteiger partial charge on any atom is -0.478 e. The molecule has 3 nitrogen and oxygen atoms in total. The van der Waals surface area contributed by atoms with Crippen LogP contribution in [0.5, 0.6) is 0 Å². The van der Waals surface area contributed by atoms with Crippen LogP contribution in [0.15, 0.2) is 12.2 Å². The van der Waals surface area contributed by atoms with Gasteiger partial charge in [-0.3, -0.25) is 0 Å². The predicted octanol–water partition coefficient (Wildman–Crippen LogP) is 2.08. The Bertz CT molecular complexity index is 173. The van der Waals surface area contributed by atoms with Crippen molar-refractivity contribution in [2.45, 2.75) is 33.3 Å². The van der Waals surface area contributed by atoms with Crippen molar-refractivity contribution in [1.29, 1.82) is 0 Å². The van der Waals surface area contributed by atoms with Gasteiger partial charge in [-0.1, -0.05) is 19.9 Å². The van der Waals surface area contributed by atoms with Crippen LogP contribution in [-0.4, -0.2) is 23.8 Å². The molecule has 0 fully saturated rings. The zero-order valence-corrected chi connectivity index (χ0v) is 8.49. The summed E-state index contributed by atoms with van der Waals surface area (Å²) in [4.78, 5) is 10.1. The minimum atomic E-state index is -0.930. The van der Waals surface area contributed by atoms with Crippen LogP contribution in [0.25, 0.3) is 0 Å². The number of rotatable bonds is 6. The number of aliphatic carboxylic acids is 1. The highest BCUT2D eigenvalue weighted by Crippen LogP contribution is 2.06. The van der Waals surface area contributed by atoms with E-state index in [2.05, 4.69) is 13.8 Å². The number of carboxylic acids is 1. The molecule has 0 aromatic heterocycles. The lowest BCUT2D eigenvalue weighted by Crippen LogP contribution is -2.11. The van der Waals surface area contributed by atoms with E-state index in [0.717, 1.165) is 12.5 Å². The first-order valence-corrected chi connectivity index (χ1v) is 4.53. The van der Waals surface area contributed by atoms with Gasteiger partial charge < -0.3 is 9.84 Å². The number of carbonyl (C=O) groups is 1. The smallest absolute Gasteiger partial charge is 0.328 e. The number of ether oxygens (including phenoxy) is 1. The highest BCUT2D eigenvalue weighted by molar-refractivity contribution is 5.79. The summed E-state index contributed by atoms with van der Waals surface area (Å²) >= 11 is 0. The quantitative estimate of drug-likeness (QED) is 0.646. The van der Waals surface area contributed by atoms with Gasteiger partial charge in [-0.15, -0.1) is 0 Å². The Kier molecular flexibility index (Phi) is 6.24. The molecular weight excluding hydrogens is 168 g/mol. The fourth-order valence-corrected chi connectivity index (χ4v) is 1.10. The lowest BCUT2D eigenvalue weighted by molar-refractivity contribution is -0.131. The van der Waals surface area contributed by atoms with Gasteiger partial charge in [0.05, 0.1) is 12.7 Å². The third-order valence-corrected chi connectivity index (χ3v) is 1.54. The standard InChI is InChI=1S/C10H18O3/c1-8(2)7-9(3)13-6-4-5-10(11)12/h4-5,8-9H,6-7H2,1-3H3,(H,11,12)/b5-4+. The second-order valence-electron chi connectivity index (χ2n) is 3.51. The van der Waals surface area contributed by atoms with Crippen LogP contribution in [0, 0.1) is 5.92 Å². The first kappa shape index (κ1) is 12.2. The summed E-state index contributed by atoms with van der Waals surface area (Å²) in [5.74, 6) is -0.321. The van der Waals surface area contributed by atoms with E-state index < -0.39 is 5.97 Å². The van der Waals surface area contributed by atoms with Gasteiger partial charge in [0.2, 0.25) is 0 Å². The second-order valence-corrected chi connectivity index (χ2v) is 3.51. The van der Waals surface area contributed by atoms with Gasteiger partial charge in [-0.2, -0.15) is 0 Å². The molecule has 0 bridgehead atoms. The topological polar surface area (TPSA) is 46.5 Å². The zero-order chi connectivity index (χ0) is 10.3. The highest BCUT2D eigenvalue weighted by atomic mass is 16.5. The van der Waals surface area contributed by atoms with E-state index in [1.165, 1.54) is 6.08 Å². The summed E-state index contributed by atoms with van der Waals surface area (Å²) in [5.41, 5.74) is 0. The van der Waals surface area contributed by atoms with Crippen LogP contribution in [0.3, 0.4) is 0 Å². The Morgan fingerprint density at radius 3 is 2.54 bits per heavy atom. The number of hydrogen-bond acceptors (Lipinski definition) is 2. The van der Waals surface area contributed by atoms with Crippen molar-refractivity contribution in [3.05, 3.63) is 12.2 Å². The molecule has 1 N–H and O–H groups in total. The third-order valence-electron chi connectivity index (χ3n) is 1.54. The molecule has 0 saturated heterocycles. The van der Waals surface area contributed by atoms with Crippen LogP contribution in [0.4, 0.5) is 0 Å². The van der Waals surface area contributed by atoms with Gasteiger partial charge >= 0.3 is 5.97 Å². The molecule has 0 heterocycles. The molecule has 13 heavy (non-hydrogen) atoms. The van der Waals surface area contributed by atoms with Crippen molar-refractivity contribution in [3.63, 3.8) is 0 Å². The van der Waals surface area contributed by atoms with E-state index >= 15 is 0 Å². The lowest BCUT2D eigenvalue weighted by atomic mass is 10.1. The van der Waals surface area contributed by atoms with Crippen LogP contribution in [-0.2, 0) is 9.53 Å². The average Bonchev–Trinajstić information content (AvgIpc) is 1.96. The van der Waals surface area contributed by atoms with Crippen LogP contribution in [0.2, 0.25) is 0 Å². The summed E-state index contributed by atoms with van der Waals surface area (Å²) in [6.45, 7) is 6.63. The van der Waals surface area contributed by atoms with E-state index in [-0.39, 0.29) is 6.10 Å².